The topological polar surface area (TPSA) is 63.4 Å². The van der Waals surface area contributed by atoms with Gasteiger partial charge in [0.05, 0.1) is 9.40 Å². The molecule has 5 nitrogen and oxygen atoms in total. The second-order valence-electron chi connectivity index (χ2n) is 5.82. The van der Waals surface area contributed by atoms with E-state index in [4.69, 9.17) is 0 Å². The number of halogens is 1. The van der Waals surface area contributed by atoms with Crippen LogP contribution >= 0.6 is 15.9 Å². The summed E-state index contributed by atoms with van der Waals surface area (Å²) in [5.74, 6) is 0.549. The molecule has 1 aliphatic heterocycles. The van der Waals surface area contributed by atoms with E-state index in [1.54, 1.807) is 12.1 Å². The van der Waals surface area contributed by atoms with Gasteiger partial charge in [0.2, 0.25) is 0 Å². The lowest BCUT2D eigenvalue weighted by Gasteiger charge is -2.31. The Labute approximate surface area is 131 Å². The SMILES string of the molecule is O=C(c1ccc(Br)c([N+](=O)[O-])c1)N1CCC2CCCCC21. The molecule has 2 aliphatic rings. The quantitative estimate of drug-likeness (QED) is 0.601. The lowest BCUT2D eigenvalue weighted by atomic mass is 9.85. The Hall–Kier alpha value is -1.43. The van der Waals surface area contributed by atoms with Crippen molar-refractivity contribution in [1.82, 2.24) is 4.90 Å². The lowest BCUT2D eigenvalue weighted by molar-refractivity contribution is -0.385. The molecule has 0 N–H and O–H groups in total. The molecule has 2 unspecified atom stereocenters. The molecular formula is C15H17BrN2O3. The fourth-order valence-electron chi connectivity index (χ4n) is 3.61. The number of fused-ring (bicyclic) bond motifs is 1. The molecule has 1 heterocycles. The third-order valence-electron chi connectivity index (χ3n) is 4.66. The van der Waals surface area contributed by atoms with E-state index < -0.39 is 4.92 Å². The van der Waals surface area contributed by atoms with Gasteiger partial charge in [0.15, 0.2) is 0 Å². The average Bonchev–Trinajstić information content (AvgIpc) is 2.90. The Kier molecular flexibility index (Phi) is 3.97. The predicted octanol–water partition coefficient (Wildman–Crippen LogP) is 3.76. The van der Waals surface area contributed by atoms with Crippen LogP contribution in [0.5, 0.6) is 0 Å². The molecular weight excluding hydrogens is 336 g/mol. The molecule has 1 aromatic rings. The summed E-state index contributed by atoms with van der Waals surface area (Å²) in [7, 11) is 0. The molecule has 0 bridgehead atoms. The second-order valence-corrected chi connectivity index (χ2v) is 6.68. The third kappa shape index (κ3) is 2.69. The third-order valence-corrected chi connectivity index (χ3v) is 5.33. The zero-order valence-corrected chi connectivity index (χ0v) is 13.2. The number of likely N-dealkylation sites (tertiary alicyclic amines) is 1. The summed E-state index contributed by atoms with van der Waals surface area (Å²) in [4.78, 5) is 25.1. The zero-order valence-electron chi connectivity index (χ0n) is 11.6. The first-order valence-corrected chi connectivity index (χ1v) is 8.12. The number of nitro benzene ring substituents is 1. The second kappa shape index (κ2) is 5.75. The maximum Gasteiger partial charge on any atom is 0.284 e. The van der Waals surface area contributed by atoms with Gasteiger partial charge in [0, 0.05) is 24.2 Å². The summed E-state index contributed by atoms with van der Waals surface area (Å²) in [5, 5.41) is 11.0. The summed E-state index contributed by atoms with van der Waals surface area (Å²) >= 11 is 3.15. The van der Waals surface area contributed by atoms with E-state index in [-0.39, 0.29) is 11.6 Å². The molecule has 3 rings (SSSR count). The molecule has 2 atom stereocenters. The van der Waals surface area contributed by atoms with Crippen LogP contribution < -0.4 is 0 Å². The molecule has 0 spiro atoms. The number of benzene rings is 1. The van der Waals surface area contributed by atoms with Crippen LogP contribution in [-0.4, -0.2) is 28.3 Å². The van der Waals surface area contributed by atoms with Gasteiger partial charge in [-0.2, -0.15) is 0 Å². The largest absolute Gasteiger partial charge is 0.335 e. The summed E-state index contributed by atoms with van der Waals surface area (Å²) in [6.07, 6.45) is 5.76. The summed E-state index contributed by atoms with van der Waals surface area (Å²) in [6.45, 7) is 0.776. The lowest BCUT2D eigenvalue weighted by Crippen LogP contribution is -2.39. The zero-order chi connectivity index (χ0) is 15.0. The Balaban J connectivity index is 1.85. The van der Waals surface area contributed by atoms with E-state index in [1.807, 2.05) is 4.90 Å². The standard InChI is InChI=1S/C15H17BrN2O3/c16-12-6-5-11(9-14(12)18(20)21)15(19)17-8-7-10-3-1-2-4-13(10)17/h5-6,9-10,13H,1-4,7-8H2. The van der Waals surface area contributed by atoms with E-state index in [9.17, 15) is 14.9 Å². The van der Waals surface area contributed by atoms with Crippen molar-refractivity contribution in [3.63, 3.8) is 0 Å². The van der Waals surface area contributed by atoms with Gasteiger partial charge in [-0.3, -0.25) is 14.9 Å². The molecule has 2 fully saturated rings. The first-order valence-electron chi connectivity index (χ1n) is 7.33. The number of carbonyl (C=O) groups is 1. The highest BCUT2D eigenvalue weighted by molar-refractivity contribution is 9.10. The predicted molar refractivity (Wildman–Crippen MR) is 82.2 cm³/mol. The molecule has 1 saturated heterocycles. The number of carbonyl (C=O) groups excluding carboxylic acids is 1. The fraction of sp³-hybridized carbons (Fsp3) is 0.533. The average molecular weight is 353 g/mol. The number of hydrogen-bond donors (Lipinski definition) is 0. The van der Waals surface area contributed by atoms with Crippen molar-refractivity contribution in [1.29, 1.82) is 0 Å². The molecule has 112 valence electrons. The Morgan fingerprint density at radius 1 is 1.29 bits per heavy atom. The van der Waals surface area contributed by atoms with Gasteiger partial charge in [-0.1, -0.05) is 12.8 Å². The Morgan fingerprint density at radius 3 is 2.81 bits per heavy atom. The molecule has 1 amide bonds. The van der Waals surface area contributed by atoms with Crippen molar-refractivity contribution in [2.45, 2.75) is 38.1 Å². The van der Waals surface area contributed by atoms with Gasteiger partial charge in [-0.25, -0.2) is 0 Å². The van der Waals surface area contributed by atoms with Crippen LogP contribution in [0.15, 0.2) is 22.7 Å². The van der Waals surface area contributed by atoms with Gasteiger partial charge >= 0.3 is 0 Å². The minimum Gasteiger partial charge on any atom is -0.335 e. The molecule has 0 aromatic heterocycles. The monoisotopic (exact) mass is 352 g/mol. The van der Waals surface area contributed by atoms with Crippen molar-refractivity contribution in [2.24, 2.45) is 5.92 Å². The minimum atomic E-state index is -0.464. The van der Waals surface area contributed by atoms with Gasteiger partial charge in [-0.15, -0.1) is 0 Å². The fourth-order valence-corrected chi connectivity index (χ4v) is 4.00. The Bertz CT molecular complexity index is 590. The van der Waals surface area contributed by atoms with Crippen LogP contribution in [0.25, 0.3) is 0 Å². The van der Waals surface area contributed by atoms with E-state index in [0.717, 1.165) is 19.4 Å². The molecule has 1 aromatic carbocycles. The van der Waals surface area contributed by atoms with Crippen LogP contribution in [0.3, 0.4) is 0 Å². The molecule has 6 heteroatoms. The first-order chi connectivity index (χ1) is 10.1. The van der Waals surface area contributed by atoms with E-state index in [0.29, 0.717) is 22.0 Å². The van der Waals surface area contributed by atoms with Crippen LogP contribution in [0.4, 0.5) is 5.69 Å². The number of amides is 1. The highest BCUT2D eigenvalue weighted by atomic mass is 79.9. The van der Waals surface area contributed by atoms with Crippen molar-refractivity contribution in [3.8, 4) is 0 Å². The van der Waals surface area contributed by atoms with Gasteiger partial charge in [-0.05, 0) is 53.2 Å². The molecule has 1 saturated carbocycles. The number of nitro groups is 1. The minimum absolute atomic E-state index is 0.0553. The van der Waals surface area contributed by atoms with Crippen molar-refractivity contribution >= 4 is 27.5 Å². The van der Waals surface area contributed by atoms with E-state index in [2.05, 4.69) is 15.9 Å². The van der Waals surface area contributed by atoms with Gasteiger partial charge in [0.25, 0.3) is 11.6 Å². The molecule has 21 heavy (non-hydrogen) atoms. The summed E-state index contributed by atoms with van der Waals surface area (Å²) in [5.41, 5.74) is 0.358. The van der Waals surface area contributed by atoms with Crippen LogP contribution in [0.1, 0.15) is 42.5 Å². The summed E-state index contributed by atoms with van der Waals surface area (Å²) < 4.78 is 0.404. The van der Waals surface area contributed by atoms with Crippen LogP contribution in [0, 0.1) is 16.0 Å². The maximum atomic E-state index is 12.7. The highest BCUT2D eigenvalue weighted by Gasteiger charge is 2.38. The first kappa shape index (κ1) is 14.5. The number of hydrogen-bond acceptors (Lipinski definition) is 3. The molecule has 1 aliphatic carbocycles. The van der Waals surface area contributed by atoms with Gasteiger partial charge < -0.3 is 4.90 Å². The van der Waals surface area contributed by atoms with Crippen molar-refractivity contribution in [2.75, 3.05) is 6.54 Å². The highest BCUT2D eigenvalue weighted by Crippen LogP contribution is 2.37. The number of rotatable bonds is 2. The molecule has 0 radical (unpaired) electrons. The van der Waals surface area contributed by atoms with Crippen LogP contribution in [0.2, 0.25) is 0 Å². The van der Waals surface area contributed by atoms with Crippen molar-refractivity contribution < 1.29 is 9.72 Å². The van der Waals surface area contributed by atoms with Crippen molar-refractivity contribution in [3.05, 3.63) is 38.3 Å². The number of nitrogens with zero attached hydrogens (tertiary/aromatic N) is 2. The Morgan fingerprint density at radius 2 is 2.05 bits per heavy atom. The summed E-state index contributed by atoms with van der Waals surface area (Å²) in [6, 6.07) is 4.95. The smallest absolute Gasteiger partial charge is 0.284 e. The van der Waals surface area contributed by atoms with E-state index in [1.165, 1.54) is 25.3 Å². The van der Waals surface area contributed by atoms with Crippen LogP contribution in [-0.2, 0) is 0 Å². The maximum absolute atomic E-state index is 12.7. The van der Waals surface area contributed by atoms with E-state index >= 15 is 0 Å². The normalized spacial score (nSPS) is 24.7. The van der Waals surface area contributed by atoms with Gasteiger partial charge in [0.1, 0.15) is 0 Å².